The van der Waals surface area contributed by atoms with Crippen molar-refractivity contribution in [2.75, 3.05) is 0 Å². The maximum atomic E-state index is 13.2. The lowest BCUT2D eigenvalue weighted by atomic mass is 9.85. The Kier molecular flexibility index (Phi) is 4.70. The van der Waals surface area contributed by atoms with E-state index >= 15 is 0 Å². The van der Waals surface area contributed by atoms with Crippen molar-refractivity contribution in [1.29, 1.82) is 0 Å². The number of benzene rings is 1. The molecule has 1 aliphatic carbocycles. The van der Waals surface area contributed by atoms with Gasteiger partial charge in [0.2, 0.25) is 0 Å². The summed E-state index contributed by atoms with van der Waals surface area (Å²) < 4.78 is 26.4. The molecule has 2 rings (SSSR count). The molecule has 1 aromatic rings. The molecule has 0 amide bonds. The number of hydrogen-bond acceptors (Lipinski definition) is 2. The van der Waals surface area contributed by atoms with Gasteiger partial charge in [0.25, 0.3) is 0 Å². The lowest BCUT2D eigenvalue weighted by Gasteiger charge is -2.30. The van der Waals surface area contributed by atoms with Crippen molar-refractivity contribution in [3.8, 4) is 0 Å². The van der Waals surface area contributed by atoms with Gasteiger partial charge in [-0.1, -0.05) is 6.42 Å². The number of aliphatic carboxylic acids is 1. The molecule has 2 N–H and O–H groups in total. The first kappa shape index (κ1) is 14.9. The van der Waals surface area contributed by atoms with E-state index in [9.17, 15) is 13.6 Å². The highest BCUT2D eigenvalue weighted by Crippen LogP contribution is 2.26. The molecule has 20 heavy (non-hydrogen) atoms. The van der Waals surface area contributed by atoms with E-state index in [0.717, 1.165) is 18.9 Å². The number of hydrogen-bond donors (Lipinski definition) is 2. The molecule has 1 aromatic carbocycles. The van der Waals surface area contributed by atoms with Gasteiger partial charge in [0.05, 0.1) is 5.92 Å². The molecule has 110 valence electrons. The number of nitrogens with one attached hydrogen (secondary N) is 1. The van der Waals surface area contributed by atoms with Crippen molar-refractivity contribution >= 4 is 5.97 Å². The van der Waals surface area contributed by atoms with Crippen molar-refractivity contribution < 1.29 is 18.7 Å². The Bertz CT molecular complexity index is 473. The number of rotatable bonds is 4. The van der Waals surface area contributed by atoms with Gasteiger partial charge in [0, 0.05) is 18.2 Å². The summed E-state index contributed by atoms with van der Waals surface area (Å²) >= 11 is 0. The quantitative estimate of drug-likeness (QED) is 0.891. The molecule has 5 heteroatoms. The van der Waals surface area contributed by atoms with E-state index in [0.29, 0.717) is 18.4 Å². The van der Waals surface area contributed by atoms with E-state index in [2.05, 4.69) is 5.32 Å². The van der Waals surface area contributed by atoms with Crippen LogP contribution in [0.3, 0.4) is 0 Å². The number of carboxylic acid groups (broad SMARTS) is 1. The van der Waals surface area contributed by atoms with Crippen LogP contribution in [0, 0.1) is 17.6 Å². The molecule has 0 aliphatic heterocycles. The monoisotopic (exact) mass is 283 g/mol. The van der Waals surface area contributed by atoms with E-state index < -0.39 is 17.6 Å². The van der Waals surface area contributed by atoms with Crippen LogP contribution in [0.1, 0.15) is 44.2 Å². The minimum Gasteiger partial charge on any atom is -0.481 e. The average molecular weight is 283 g/mol. The third kappa shape index (κ3) is 3.76. The van der Waals surface area contributed by atoms with Crippen LogP contribution in [-0.2, 0) is 4.79 Å². The molecule has 0 bridgehead atoms. The van der Waals surface area contributed by atoms with Crippen molar-refractivity contribution in [3.63, 3.8) is 0 Å². The third-order valence-electron chi connectivity index (χ3n) is 3.89. The minimum atomic E-state index is -0.763. The van der Waals surface area contributed by atoms with E-state index in [1.807, 2.05) is 6.92 Å². The molecule has 3 atom stereocenters. The maximum absolute atomic E-state index is 13.2. The van der Waals surface area contributed by atoms with Crippen molar-refractivity contribution in [2.24, 2.45) is 5.92 Å². The molecule has 0 heterocycles. The topological polar surface area (TPSA) is 49.3 Å². The van der Waals surface area contributed by atoms with Gasteiger partial charge in [0.15, 0.2) is 0 Å². The van der Waals surface area contributed by atoms with Crippen LogP contribution in [-0.4, -0.2) is 17.1 Å². The molecule has 0 saturated heterocycles. The highest BCUT2D eigenvalue weighted by Gasteiger charge is 2.27. The summed E-state index contributed by atoms with van der Waals surface area (Å²) in [5.41, 5.74) is 0.542. The highest BCUT2D eigenvalue weighted by molar-refractivity contribution is 5.70. The summed E-state index contributed by atoms with van der Waals surface area (Å²) in [6.45, 7) is 1.83. The Labute approximate surface area is 117 Å². The summed E-state index contributed by atoms with van der Waals surface area (Å²) in [6.07, 6.45) is 3.03. The molecule has 0 radical (unpaired) electrons. The first-order chi connectivity index (χ1) is 9.45. The molecule has 3 nitrogen and oxygen atoms in total. The standard InChI is InChI=1S/C15H19F2NO2/c1-9(11-5-12(16)8-13(17)6-11)18-14-4-2-3-10(7-14)15(19)20/h5-6,8-10,14,18H,2-4,7H2,1H3,(H,19,20). The largest absolute Gasteiger partial charge is 0.481 e. The van der Waals surface area contributed by atoms with E-state index in [-0.39, 0.29) is 18.0 Å². The predicted molar refractivity (Wildman–Crippen MR) is 71.3 cm³/mol. The Hall–Kier alpha value is -1.49. The first-order valence-corrected chi connectivity index (χ1v) is 6.90. The Morgan fingerprint density at radius 3 is 2.55 bits per heavy atom. The normalized spacial score (nSPS) is 24.4. The summed E-state index contributed by atoms with van der Waals surface area (Å²) in [6, 6.07) is 3.32. The fourth-order valence-corrected chi connectivity index (χ4v) is 2.84. The van der Waals surface area contributed by atoms with Crippen molar-refractivity contribution in [1.82, 2.24) is 5.32 Å². The highest BCUT2D eigenvalue weighted by atomic mass is 19.1. The van der Waals surface area contributed by atoms with Crippen LogP contribution in [0.4, 0.5) is 8.78 Å². The zero-order chi connectivity index (χ0) is 14.7. The van der Waals surface area contributed by atoms with Crippen LogP contribution < -0.4 is 5.32 Å². The summed E-state index contributed by atoms with van der Waals surface area (Å²) in [4.78, 5) is 11.0. The third-order valence-corrected chi connectivity index (χ3v) is 3.89. The Balaban J connectivity index is 2.00. The van der Waals surface area contributed by atoms with E-state index in [1.54, 1.807) is 0 Å². The second-order valence-electron chi connectivity index (χ2n) is 5.49. The summed E-state index contributed by atoms with van der Waals surface area (Å²) in [5.74, 6) is -2.28. The smallest absolute Gasteiger partial charge is 0.306 e. The predicted octanol–water partition coefficient (Wildman–Crippen LogP) is 3.26. The van der Waals surface area contributed by atoms with E-state index in [1.165, 1.54) is 12.1 Å². The first-order valence-electron chi connectivity index (χ1n) is 6.90. The maximum Gasteiger partial charge on any atom is 0.306 e. The van der Waals surface area contributed by atoms with Gasteiger partial charge < -0.3 is 10.4 Å². The van der Waals surface area contributed by atoms with Gasteiger partial charge >= 0.3 is 5.97 Å². The summed E-state index contributed by atoms with van der Waals surface area (Å²) in [7, 11) is 0. The van der Waals surface area contributed by atoms with E-state index in [4.69, 9.17) is 5.11 Å². The van der Waals surface area contributed by atoms with Gasteiger partial charge in [-0.15, -0.1) is 0 Å². The molecule has 0 spiro atoms. The Morgan fingerprint density at radius 1 is 1.30 bits per heavy atom. The number of carbonyl (C=O) groups is 1. The van der Waals surface area contributed by atoms with Gasteiger partial charge in [-0.2, -0.15) is 0 Å². The van der Waals surface area contributed by atoms with Gasteiger partial charge in [0.1, 0.15) is 11.6 Å². The van der Waals surface area contributed by atoms with Crippen LogP contribution in [0.15, 0.2) is 18.2 Å². The molecular weight excluding hydrogens is 264 g/mol. The zero-order valence-electron chi connectivity index (χ0n) is 11.4. The number of halogens is 2. The van der Waals surface area contributed by atoms with Gasteiger partial charge in [-0.3, -0.25) is 4.79 Å². The second kappa shape index (κ2) is 6.31. The molecule has 1 fully saturated rings. The van der Waals surface area contributed by atoms with Gasteiger partial charge in [-0.05, 0) is 43.9 Å². The fourth-order valence-electron chi connectivity index (χ4n) is 2.84. The minimum absolute atomic E-state index is 0.0752. The molecule has 1 aliphatic rings. The van der Waals surface area contributed by atoms with Crippen molar-refractivity contribution in [2.45, 2.75) is 44.7 Å². The van der Waals surface area contributed by atoms with Crippen LogP contribution in [0.2, 0.25) is 0 Å². The molecule has 0 aromatic heterocycles. The van der Waals surface area contributed by atoms with Crippen LogP contribution in [0.5, 0.6) is 0 Å². The zero-order valence-corrected chi connectivity index (χ0v) is 11.4. The molecular formula is C15H19F2NO2. The molecule has 1 saturated carbocycles. The molecule has 3 unspecified atom stereocenters. The summed E-state index contributed by atoms with van der Waals surface area (Å²) in [5, 5.41) is 12.3. The number of carboxylic acids is 1. The second-order valence-corrected chi connectivity index (χ2v) is 5.49. The van der Waals surface area contributed by atoms with Crippen LogP contribution >= 0.6 is 0 Å². The fraction of sp³-hybridized carbons (Fsp3) is 0.533. The van der Waals surface area contributed by atoms with Gasteiger partial charge in [-0.25, -0.2) is 8.78 Å². The lowest BCUT2D eigenvalue weighted by Crippen LogP contribution is -2.37. The Morgan fingerprint density at radius 2 is 1.95 bits per heavy atom. The van der Waals surface area contributed by atoms with Crippen LogP contribution in [0.25, 0.3) is 0 Å². The van der Waals surface area contributed by atoms with Crippen molar-refractivity contribution in [3.05, 3.63) is 35.4 Å². The SMILES string of the molecule is CC(NC1CCCC(C(=O)O)C1)c1cc(F)cc(F)c1. The average Bonchev–Trinajstić information content (AvgIpc) is 2.37. The lowest BCUT2D eigenvalue weighted by molar-refractivity contribution is -0.143.